The van der Waals surface area contributed by atoms with Crippen molar-refractivity contribution in [3.05, 3.63) is 12.2 Å². The van der Waals surface area contributed by atoms with Crippen LogP contribution in [-0.2, 0) is 0 Å². The Morgan fingerprint density at radius 2 is 2.16 bits per heavy atom. The SMILES string of the molecule is C=C(C)C(C)N(CCCN1CCC(CN)CC1)N=N. The topological polar surface area (TPSA) is 68.7 Å². The fraction of sp³-hybridized carbons (Fsp3) is 0.857. The molecule has 0 aromatic heterocycles. The Kier molecular flexibility index (Phi) is 7.02. The second kappa shape index (κ2) is 8.27. The van der Waals surface area contributed by atoms with E-state index >= 15 is 0 Å². The molecule has 0 aliphatic carbocycles. The minimum Gasteiger partial charge on any atom is -0.330 e. The summed E-state index contributed by atoms with van der Waals surface area (Å²) in [5.74, 6) is 0.722. The Morgan fingerprint density at radius 1 is 1.53 bits per heavy atom. The Bertz CT molecular complexity index is 284. The van der Waals surface area contributed by atoms with Crippen LogP contribution in [0.5, 0.6) is 0 Å². The van der Waals surface area contributed by atoms with Gasteiger partial charge in [-0.3, -0.25) is 5.01 Å². The van der Waals surface area contributed by atoms with Crippen LogP contribution in [0.1, 0.15) is 33.1 Å². The van der Waals surface area contributed by atoms with E-state index in [0.717, 1.165) is 50.6 Å². The van der Waals surface area contributed by atoms with E-state index in [9.17, 15) is 0 Å². The lowest BCUT2D eigenvalue weighted by atomic mass is 9.97. The summed E-state index contributed by atoms with van der Waals surface area (Å²) in [6, 6.07) is 0.153. The van der Waals surface area contributed by atoms with Gasteiger partial charge in [0.2, 0.25) is 0 Å². The van der Waals surface area contributed by atoms with E-state index in [4.69, 9.17) is 11.3 Å². The van der Waals surface area contributed by atoms with Gasteiger partial charge >= 0.3 is 0 Å². The number of nitrogens with one attached hydrogen (secondary N) is 1. The van der Waals surface area contributed by atoms with Crippen LogP contribution in [0.15, 0.2) is 17.4 Å². The van der Waals surface area contributed by atoms with Gasteiger partial charge in [-0.05, 0) is 65.2 Å². The molecule has 1 saturated heterocycles. The van der Waals surface area contributed by atoms with E-state index in [1.54, 1.807) is 0 Å². The lowest BCUT2D eigenvalue weighted by Gasteiger charge is -2.32. The van der Waals surface area contributed by atoms with Crippen molar-refractivity contribution >= 4 is 0 Å². The molecule has 3 N–H and O–H groups in total. The minimum absolute atomic E-state index is 0.153. The molecule has 19 heavy (non-hydrogen) atoms. The van der Waals surface area contributed by atoms with E-state index in [0.29, 0.717) is 0 Å². The van der Waals surface area contributed by atoms with Crippen LogP contribution >= 0.6 is 0 Å². The molecule has 0 aromatic carbocycles. The van der Waals surface area contributed by atoms with Gasteiger partial charge in [-0.15, -0.1) is 0 Å². The average molecular weight is 267 g/mol. The van der Waals surface area contributed by atoms with Crippen LogP contribution in [0.4, 0.5) is 0 Å². The van der Waals surface area contributed by atoms with Crippen molar-refractivity contribution < 1.29 is 0 Å². The first-order valence-corrected chi connectivity index (χ1v) is 7.30. The molecule has 5 nitrogen and oxygen atoms in total. The lowest BCUT2D eigenvalue weighted by molar-refractivity contribution is 0.163. The van der Waals surface area contributed by atoms with Crippen LogP contribution in [0.25, 0.3) is 0 Å². The summed E-state index contributed by atoms with van der Waals surface area (Å²) in [7, 11) is 0. The molecule has 110 valence electrons. The molecule has 0 saturated carbocycles. The van der Waals surface area contributed by atoms with Crippen molar-refractivity contribution in [1.29, 1.82) is 5.53 Å². The Morgan fingerprint density at radius 3 is 2.63 bits per heavy atom. The highest BCUT2D eigenvalue weighted by Gasteiger charge is 2.18. The van der Waals surface area contributed by atoms with Gasteiger partial charge in [-0.25, -0.2) is 0 Å². The van der Waals surface area contributed by atoms with Crippen LogP contribution in [0.2, 0.25) is 0 Å². The maximum atomic E-state index is 7.24. The van der Waals surface area contributed by atoms with Gasteiger partial charge in [-0.1, -0.05) is 17.4 Å². The molecule has 0 amide bonds. The summed E-state index contributed by atoms with van der Waals surface area (Å²) < 4.78 is 0. The molecule has 1 atom stereocenters. The number of hydrogen-bond donors (Lipinski definition) is 2. The molecule has 1 fully saturated rings. The number of piperidine rings is 1. The largest absolute Gasteiger partial charge is 0.330 e. The van der Waals surface area contributed by atoms with Crippen LogP contribution in [0.3, 0.4) is 0 Å². The maximum absolute atomic E-state index is 7.24. The Labute approximate surface area is 117 Å². The minimum atomic E-state index is 0.153. The standard InChI is InChI=1S/C14H29N5/c1-12(2)13(3)19(17-16)8-4-7-18-9-5-14(11-15)6-10-18/h13-14,16H,1,4-11,15H2,2-3H3. The summed E-state index contributed by atoms with van der Waals surface area (Å²) in [5.41, 5.74) is 14.0. The molecular weight excluding hydrogens is 238 g/mol. The monoisotopic (exact) mass is 267 g/mol. The van der Waals surface area contributed by atoms with Crippen molar-refractivity contribution in [3.8, 4) is 0 Å². The van der Waals surface area contributed by atoms with Crippen molar-refractivity contribution in [2.75, 3.05) is 32.7 Å². The summed E-state index contributed by atoms with van der Waals surface area (Å²) in [4.78, 5) is 2.50. The molecule has 0 spiro atoms. The highest BCUT2D eigenvalue weighted by molar-refractivity contribution is 4.99. The average Bonchev–Trinajstić information content (AvgIpc) is 2.43. The van der Waals surface area contributed by atoms with Gasteiger partial charge in [0.15, 0.2) is 0 Å². The van der Waals surface area contributed by atoms with E-state index in [-0.39, 0.29) is 6.04 Å². The van der Waals surface area contributed by atoms with Crippen LogP contribution in [0, 0.1) is 11.4 Å². The normalized spacial score (nSPS) is 19.1. The highest BCUT2D eigenvalue weighted by Crippen LogP contribution is 2.16. The quantitative estimate of drug-likeness (QED) is 0.403. The van der Waals surface area contributed by atoms with Crippen molar-refractivity contribution in [1.82, 2.24) is 9.91 Å². The summed E-state index contributed by atoms with van der Waals surface area (Å²) in [6.07, 6.45) is 3.50. The van der Waals surface area contributed by atoms with Gasteiger partial charge in [0.1, 0.15) is 0 Å². The second-order valence-electron chi connectivity index (χ2n) is 5.66. The van der Waals surface area contributed by atoms with Crippen molar-refractivity contribution in [2.24, 2.45) is 16.9 Å². The first-order chi connectivity index (χ1) is 9.08. The maximum Gasteiger partial charge on any atom is 0.0663 e. The Balaban J connectivity index is 2.22. The fourth-order valence-corrected chi connectivity index (χ4v) is 2.49. The van der Waals surface area contributed by atoms with Gasteiger partial charge in [0.25, 0.3) is 0 Å². The number of nitrogens with two attached hydrogens (primary N) is 1. The molecule has 0 aromatic rings. The number of nitrogens with zero attached hydrogens (tertiary/aromatic N) is 3. The summed E-state index contributed by atoms with van der Waals surface area (Å²) in [5, 5.41) is 5.42. The molecule has 1 unspecified atom stereocenters. The first kappa shape index (κ1) is 16.1. The molecule has 1 aliphatic rings. The van der Waals surface area contributed by atoms with Gasteiger partial charge in [0.05, 0.1) is 6.04 Å². The smallest absolute Gasteiger partial charge is 0.0663 e. The van der Waals surface area contributed by atoms with Gasteiger partial charge in [-0.2, -0.15) is 5.53 Å². The van der Waals surface area contributed by atoms with Crippen LogP contribution < -0.4 is 5.73 Å². The third kappa shape index (κ3) is 5.28. The fourth-order valence-electron chi connectivity index (χ4n) is 2.49. The van der Waals surface area contributed by atoms with E-state index in [1.807, 2.05) is 18.9 Å². The molecule has 1 heterocycles. The molecule has 0 bridgehead atoms. The summed E-state index contributed by atoms with van der Waals surface area (Å²) >= 11 is 0. The van der Waals surface area contributed by atoms with E-state index in [1.165, 1.54) is 12.8 Å². The predicted molar refractivity (Wildman–Crippen MR) is 79.0 cm³/mol. The van der Waals surface area contributed by atoms with Gasteiger partial charge < -0.3 is 10.6 Å². The van der Waals surface area contributed by atoms with E-state index in [2.05, 4.69) is 16.7 Å². The zero-order valence-electron chi connectivity index (χ0n) is 12.4. The molecular formula is C14H29N5. The van der Waals surface area contributed by atoms with Gasteiger partial charge in [0, 0.05) is 6.54 Å². The van der Waals surface area contributed by atoms with Crippen molar-refractivity contribution in [3.63, 3.8) is 0 Å². The number of likely N-dealkylation sites (tertiary alicyclic amines) is 1. The third-order valence-electron chi connectivity index (χ3n) is 4.19. The van der Waals surface area contributed by atoms with Crippen molar-refractivity contribution in [2.45, 2.75) is 39.2 Å². The highest BCUT2D eigenvalue weighted by atomic mass is 15.5. The van der Waals surface area contributed by atoms with E-state index < -0.39 is 0 Å². The summed E-state index contributed by atoms with van der Waals surface area (Å²) in [6.45, 7) is 13.0. The molecule has 5 heteroatoms. The zero-order chi connectivity index (χ0) is 14.3. The molecule has 1 rings (SSSR count). The first-order valence-electron chi connectivity index (χ1n) is 7.30. The molecule has 0 radical (unpaired) electrons. The predicted octanol–water partition coefficient (Wildman–Crippen LogP) is 2.26. The lowest BCUT2D eigenvalue weighted by Crippen LogP contribution is -2.38. The Hall–Kier alpha value is -0.940. The number of hydrogen-bond acceptors (Lipinski definition) is 4. The zero-order valence-corrected chi connectivity index (χ0v) is 12.4. The second-order valence-corrected chi connectivity index (χ2v) is 5.66. The number of rotatable bonds is 8. The molecule has 1 aliphatic heterocycles. The third-order valence-corrected chi connectivity index (χ3v) is 4.19. The van der Waals surface area contributed by atoms with Crippen LogP contribution in [-0.4, -0.2) is 48.7 Å².